The van der Waals surface area contributed by atoms with Gasteiger partial charge in [-0.25, -0.2) is 9.67 Å². The van der Waals surface area contributed by atoms with Gasteiger partial charge < -0.3 is 4.74 Å². The lowest BCUT2D eigenvalue weighted by Crippen LogP contribution is -1.99. The van der Waals surface area contributed by atoms with Gasteiger partial charge >= 0.3 is 0 Å². The summed E-state index contributed by atoms with van der Waals surface area (Å²) in [6.45, 7) is 6.21. The van der Waals surface area contributed by atoms with Gasteiger partial charge in [-0.15, -0.1) is 16.4 Å². The third-order valence-electron chi connectivity index (χ3n) is 4.57. The van der Waals surface area contributed by atoms with Gasteiger partial charge in [0, 0.05) is 17.0 Å². The molecule has 2 aromatic heterocycles. The van der Waals surface area contributed by atoms with Crippen LogP contribution in [0.2, 0.25) is 0 Å². The Bertz CT molecular complexity index is 1110. The molecule has 0 saturated carbocycles. The van der Waals surface area contributed by atoms with E-state index < -0.39 is 0 Å². The van der Waals surface area contributed by atoms with E-state index in [2.05, 4.69) is 47.7 Å². The summed E-state index contributed by atoms with van der Waals surface area (Å²) in [5.41, 5.74) is 7.25. The summed E-state index contributed by atoms with van der Waals surface area (Å²) in [4.78, 5) is 4.83. The lowest BCUT2D eigenvalue weighted by molar-refractivity contribution is 0.414. The van der Waals surface area contributed by atoms with Crippen molar-refractivity contribution in [1.29, 1.82) is 0 Å². The predicted molar refractivity (Wildman–Crippen MR) is 109 cm³/mol. The molecule has 4 rings (SSSR count). The number of thiazole rings is 1. The molecule has 0 N–H and O–H groups in total. The summed E-state index contributed by atoms with van der Waals surface area (Å²) in [7, 11) is 1.66. The lowest BCUT2D eigenvalue weighted by atomic mass is 10.0. The van der Waals surface area contributed by atoms with Gasteiger partial charge in [-0.1, -0.05) is 29.0 Å². The molecule has 0 aliphatic rings. The molecular formula is C21H20N4OS. The van der Waals surface area contributed by atoms with E-state index in [0.29, 0.717) is 0 Å². The molecule has 0 saturated heterocycles. The minimum Gasteiger partial charge on any atom is -0.497 e. The molecular weight excluding hydrogens is 356 g/mol. The van der Waals surface area contributed by atoms with Crippen LogP contribution in [0.4, 0.5) is 0 Å². The monoisotopic (exact) mass is 376 g/mol. The van der Waals surface area contributed by atoms with Crippen molar-refractivity contribution in [2.45, 2.75) is 20.8 Å². The highest BCUT2D eigenvalue weighted by Gasteiger charge is 2.17. The molecule has 0 bridgehead atoms. The van der Waals surface area contributed by atoms with Gasteiger partial charge in [-0.2, -0.15) is 0 Å². The second-order valence-corrected chi connectivity index (χ2v) is 7.35. The maximum atomic E-state index is 5.31. The zero-order valence-corrected chi connectivity index (χ0v) is 16.5. The number of nitrogens with zero attached hydrogens (tertiary/aromatic N) is 4. The zero-order chi connectivity index (χ0) is 19.0. The average Bonchev–Trinajstić information content (AvgIpc) is 3.30. The minimum atomic E-state index is 0.787. The maximum Gasteiger partial charge on any atom is 0.146 e. The van der Waals surface area contributed by atoms with E-state index in [-0.39, 0.29) is 0 Å². The Balaban J connectivity index is 1.72. The normalized spacial score (nSPS) is 11.0. The molecule has 0 unspecified atom stereocenters. The van der Waals surface area contributed by atoms with Gasteiger partial charge in [-0.3, -0.25) is 0 Å². The summed E-state index contributed by atoms with van der Waals surface area (Å²) in [5, 5.41) is 11.7. The van der Waals surface area contributed by atoms with Crippen molar-refractivity contribution < 1.29 is 4.74 Å². The smallest absolute Gasteiger partial charge is 0.146 e. The molecule has 4 aromatic rings. The molecule has 0 amide bonds. The number of hydrogen-bond donors (Lipinski definition) is 0. The van der Waals surface area contributed by atoms with Gasteiger partial charge in [0.15, 0.2) is 0 Å². The fourth-order valence-electron chi connectivity index (χ4n) is 3.03. The summed E-state index contributed by atoms with van der Waals surface area (Å²) >= 11 is 1.59. The molecule has 136 valence electrons. The van der Waals surface area contributed by atoms with Crippen molar-refractivity contribution in [2.75, 3.05) is 7.11 Å². The van der Waals surface area contributed by atoms with Crippen molar-refractivity contribution in [3.8, 4) is 33.4 Å². The lowest BCUT2D eigenvalue weighted by Gasteiger charge is -2.05. The van der Waals surface area contributed by atoms with Crippen LogP contribution in [0.15, 0.2) is 47.8 Å². The molecule has 0 atom stereocenters. The Hall–Kier alpha value is -2.99. The summed E-state index contributed by atoms with van der Waals surface area (Å²) < 4.78 is 7.13. The SMILES string of the molecule is COc1cccc(-n2nnc(-c3nc(-c4cc(C)ccc4C)cs3)c2C)c1. The number of benzene rings is 2. The van der Waals surface area contributed by atoms with Gasteiger partial charge in [0.05, 0.1) is 24.2 Å². The predicted octanol–water partition coefficient (Wildman–Crippen LogP) is 4.99. The molecule has 2 heterocycles. The van der Waals surface area contributed by atoms with Crippen LogP contribution >= 0.6 is 11.3 Å². The van der Waals surface area contributed by atoms with Crippen molar-refractivity contribution >= 4 is 11.3 Å². The summed E-state index contributed by atoms with van der Waals surface area (Å²) in [6, 6.07) is 14.2. The Labute approximate surface area is 162 Å². The largest absolute Gasteiger partial charge is 0.497 e. The van der Waals surface area contributed by atoms with Crippen molar-refractivity contribution in [2.24, 2.45) is 0 Å². The Kier molecular flexibility index (Phi) is 4.49. The van der Waals surface area contributed by atoms with E-state index in [1.54, 1.807) is 18.4 Å². The first kappa shape index (κ1) is 17.4. The van der Waals surface area contributed by atoms with Crippen LogP contribution in [0.25, 0.3) is 27.6 Å². The number of ether oxygens (including phenoxy) is 1. The quantitative estimate of drug-likeness (QED) is 0.503. The molecule has 0 fully saturated rings. The number of rotatable bonds is 4. The van der Waals surface area contributed by atoms with Gasteiger partial charge in [0.1, 0.15) is 16.5 Å². The molecule has 2 aromatic carbocycles. The van der Waals surface area contributed by atoms with Crippen LogP contribution < -0.4 is 4.74 Å². The standard InChI is InChI=1S/C21H20N4OS/c1-13-8-9-14(2)18(10-13)19-12-27-21(22-19)20-15(3)25(24-23-20)16-6-5-7-17(11-16)26-4/h5-12H,1-4H3. The van der Waals surface area contributed by atoms with E-state index in [1.165, 1.54) is 11.1 Å². The van der Waals surface area contributed by atoms with Crippen LogP contribution in [-0.2, 0) is 0 Å². The van der Waals surface area contributed by atoms with Gasteiger partial charge in [0.2, 0.25) is 0 Å². The second kappa shape index (κ2) is 6.96. The Morgan fingerprint density at radius 2 is 1.89 bits per heavy atom. The number of methoxy groups -OCH3 is 1. The van der Waals surface area contributed by atoms with Crippen LogP contribution in [0.3, 0.4) is 0 Å². The molecule has 0 spiro atoms. The molecule has 5 nitrogen and oxygen atoms in total. The summed E-state index contributed by atoms with van der Waals surface area (Å²) in [5.74, 6) is 0.787. The molecule has 27 heavy (non-hydrogen) atoms. The fraction of sp³-hybridized carbons (Fsp3) is 0.190. The second-order valence-electron chi connectivity index (χ2n) is 6.49. The van der Waals surface area contributed by atoms with Crippen molar-refractivity contribution in [1.82, 2.24) is 20.0 Å². The maximum absolute atomic E-state index is 5.31. The topological polar surface area (TPSA) is 52.8 Å². The molecule has 0 aliphatic carbocycles. The van der Waals surface area contributed by atoms with Gasteiger partial charge in [-0.05, 0) is 44.5 Å². The average molecular weight is 376 g/mol. The van der Waals surface area contributed by atoms with Crippen LogP contribution in [0.1, 0.15) is 16.8 Å². The molecule has 0 aliphatic heterocycles. The highest BCUT2D eigenvalue weighted by Crippen LogP contribution is 2.32. The Morgan fingerprint density at radius 1 is 1.04 bits per heavy atom. The van der Waals surface area contributed by atoms with Crippen molar-refractivity contribution in [3.63, 3.8) is 0 Å². The van der Waals surface area contributed by atoms with E-state index in [4.69, 9.17) is 9.72 Å². The zero-order valence-electron chi connectivity index (χ0n) is 15.7. The third kappa shape index (κ3) is 3.24. The van der Waals surface area contributed by atoms with Crippen LogP contribution in [-0.4, -0.2) is 27.1 Å². The van der Waals surface area contributed by atoms with Crippen LogP contribution in [0.5, 0.6) is 5.75 Å². The van der Waals surface area contributed by atoms with Crippen molar-refractivity contribution in [3.05, 3.63) is 64.7 Å². The van der Waals surface area contributed by atoms with E-state index in [9.17, 15) is 0 Å². The number of hydrogen-bond acceptors (Lipinski definition) is 5. The highest BCUT2D eigenvalue weighted by molar-refractivity contribution is 7.13. The Morgan fingerprint density at radius 3 is 2.70 bits per heavy atom. The molecule has 0 radical (unpaired) electrons. The highest BCUT2D eigenvalue weighted by atomic mass is 32.1. The van der Waals surface area contributed by atoms with Gasteiger partial charge in [0.25, 0.3) is 0 Å². The first-order valence-electron chi connectivity index (χ1n) is 8.67. The third-order valence-corrected chi connectivity index (χ3v) is 5.42. The van der Waals surface area contributed by atoms with E-state index in [0.717, 1.165) is 39.1 Å². The minimum absolute atomic E-state index is 0.787. The van der Waals surface area contributed by atoms with E-state index in [1.807, 2.05) is 35.9 Å². The van der Waals surface area contributed by atoms with E-state index >= 15 is 0 Å². The first-order chi connectivity index (χ1) is 13.1. The summed E-state index contributed by atoms with van der Waals surface area (Å²) in [6.07, 6.45) is 0. The number of aromatic nitrogens is 4. The first-order valence-corrected chi connectivity index (χ1v) is 9.55. The molecule has 6 heteroatoms. The number of aryl methyl sites for hydroxylation is 2. The van der Waals surface area contributed by atoms with Crippen LogP contribution in [0, 0.1) is 20.8 Å². The fourth-order valence-corrected chi connectivity index (χ4v) is 3.89.